The van der Waals surface area contributed by atoms with Crippen molar-refractivity contribution in [3.8, 4) is 0 Å². The minimum Gasteiger partial charge on any atom is -0.387 e. The van der Waals surface area contributed by atoms with Crippen molar-refractivity contribution in [1.29, 1.82) is 0 Å². The molecule has 2 rings (SSSR count). The molecule has 6 heteroatoms. The average Bonchev–Trinajstić information content (AvgIpc) is 2.70. The highest BCUT2D eigenvalue weighted by atomic mass is 16.5. The van der Waals surface area contributed by atoms with E-state index >= 15 is 0 Å². The van der Waals surface area contributed by atoms with Gasteiger partial charge in [-0.25, -0.2) is 0 Å². The second kappa shape index (κ2) is 10.8. The minimum absolute atomic E-state index is 0.00840. The molecule has 0 aliphatic heterocycles. The Balaban J connectivity index is 1.96. The van der Waals surface area contributed by atoms with Crippen LogP contribution in [-0.2, 0) is 27.5 Å². The fourth-order valence-electron chi connectivity index (χ4n) is 2.39. The highest BCUT2D eigenvalue weighted by Gasteiger charge is 2.32. The van der Waals surface area contributed by atoms with E-state index in [-0.39, 0.29) is 19.5 Å². The van der Waals surface area contributed by atoms with Crippen LogP contribution in [0.4, 0.5) is 0 Å². The molecule has 2 aromatic carbocycles. The maximum Gasteiger partial charge on any atom is 0.151 e. The van der Waals surface area contributed by atoms with Crippen molar-refractivity contribution in [2.75, 3.05) is 6.61 Å². The Hall–Kier alpha value is -2.09. The van der Waals surface area contributed by atoms with Gasteiger partial charge in [0.25, 0.3) is 0 Å². The minimum atomic E-state index is -1.69. The first-order valence-electron chi connectivity index (χ1n) is 8.38. The normalized spacial score (nSPS) is 15.8. The number of rotatable bonds is 11. The van der Waals surface area contributed by atoms with E-state index in [9.17, 15) is 20.1 Å². The van der Waals surface area contributed by atoms with Gasteiger partial charge in [-0.2, -0.15) is 0 Å². The van der Waals surface area contributed by atoms with Crippen LogP contribution in [0.5, 0.6) is 0 Å². The molecule has 0 saturated carbocycles. The summed E-state index contributed by atoms with van der Waals surface area (Å²) in [6, 6.07) is 18.8. The monoisotopic (exact) mass is 360 g/mol. The second-order valence-electron chi connectivity index (χ2n) is 5.94. The first kappa shape index (κ1) is 20.2. The Labute approximate surface area is 152 Å². The molecular weight excluding hydrogens is 336 g/mol. The Kier molecular flexibility index (Phi) is 8.40. The highest BCUT2D eigenvalue weighted by molar-refractivity contribution is 5.56. The van der Waals surface area contributed by atoms with Crippen LogP contribution in [0.3, 0.4) is 0 Å². The van der Waals surface area contributed by atoms with Gasteiger partial charge < -0.3 is 29.6 Å². The smallest absolute Gasteiger partial charge is 0.151 e. The molecule has 3 N–H and O–H groups in total. The average molecular weight is 360 g/mol. The molecule has 0 amide bonds. The van der Waals surface area contributed by atoms with Gasteiger partial charge in [0.15, 0.2) is 6.29 Å². The summed E-state index contributed by atoms with van der Waals surface area (Å²) in [5.74, 6) is 0. The van der Waals surface area contributed by atoms with Crippen molar-refractivity contribution in [2.24, 2.45) is 0 Å². The van der Waals surface area contributed by atoms with E-state index in [0.29, 0.717) is 6.61 Å². The summed E-state index contributed by atoms with van der Waals surface area (Å²) in [4.78, 5) is 10.7. The van der Waals surface area contributed by atoms with Gasteiger partial charge in [0.05, 0.1) is 19.8 Å². The molecule has 0 radical (unpaired) electrons. The molecule has 0 heterocycles. The molecule has 2 aromatic rings. The zero-order valence-electron chi connectivity index (χ0n) is 14.3. The van der Waals surface area contributed by atoms with Crippen LogP contribution >= 0.6 is 0 Å². The molecule has 140 valence electrons. The predicted molar refractivity (Wildman–Crippen MR) is 95.2 cm³/mol. The van der Waals surface area contributed by atoms with Crippen LogP contribution in [0.2, 0.25) is 0 Å². The molecule has 0 aliphatic carbocycles. The van der Waals surface area contributed by atoms with Crippen LogP contribution in [0.25, 0.3) is 0 Å². The Morgan fingerprint density at radius 3 is 1.88 bits per heavy atom. The van der Waals surface area contributed by atoms with Crippen LogP contribution in [0, 0.1) is 0 Å². The van der Waals surface area contributed by atoms with Crippen molar-refractivity contribution in [3.05, 3.63) is 71.8 Å². The summed E-state index contributed by atoms with van der Waals surface area (Å²) < 4.78 is 11.3. The summed E-state index contributed by atoms with van der Waals surface area (Å²) in [5, 5.41) is 29.6. The van der Waals surface area contributed by atoms with Crippen molar-refractivity contribution < 1.29 is 29.6 Å². The standard InChI is InChI=1S/C20H24O6/c21-11-17(22)19(23)20(24)18(26-13-16-9-5-2-6-10-16)14-25-12-15-7-3-1-4-8-15/h1-11,17-20,22-24H,12-14H2/t17-,18+,19+,20+/m0/s1. The van der Waals surface area contributed by atoms with Crippen molar-refractivity contribution in [3.63, 3.8) is 0 Å². The zero-order valence-corrected chi connectivity index (χ0v) is 14.3. The lowest BCUT2D eigenvalue weighted by Gasteiger charge is -2.28. The van der Waals surface area contributed by atoms with Gasteiger partial charge in [-0.05, 0) is 11.1 Å². The quantitative estimate of drug-likeness (QED) is 0.519. The third kappa shape index (κ3) is 6.33. The van der Waals surface area contributed by atoms with E-state index in [2.05, 4.69) is 0 Å². The number of carbonyl (C=O) groups is 1. The zero-order chi connectivity index (χ0) is 18.8. The fraction of sp³-hybridized carbons (Fsp3) is 0.350. The van der Waals surface area contributed by atoms with Gasteiger partial charge in [-0.15, -0.1) is 0 Å². The molecule has 0 spiro atoms. The van der Waals surface area contributed by atoms with Gasteiger partial charge in [-0.1, -0.05) is 60.7 Å². The number of hydrogen-bond donors (Lipinski definition) is 3. The van der Waals surface area contributed by atoms with Gasteiger partial charge >= 0.3 is 0 Å². The summed E-state index contributed by atoms with van der Waals surface area (Å²) in [6.07, 6.45) is -5.57. The van der Waals surface area contributed by atoms with Gasteiger partial charge in [0.1, 0.15) is 24.4 Å². The topological polar surface area (TPSA) is 96.2 Å². The van der Waals surface area contributed by atoms with E-state index in [4.69, 9.17) is 9.47 Å². The molecule has 26 heavy (non-hydrogen) atoms. The van der Waals surface area contributed by atoms with Gasteiger partial charge in [0.2, 0.25) is 0 Å². The molecule has 0 aliphatic rings. The number of aliphatic hydroxyl groups is 3. The summed E-state index contributed by atoms with van der Waals surface area (Å²) in [7, 11) is 0. The molecule has 4 atom stereocenters. The van der Waals surface area contributed by atoms with Crippen LogP contribution in [0.1, 0.15) is 11.1 Å². The van der Waals surface area contributed by atoms with Gasteiger partial charge in [-0.3, -0.25) is 0 Å². The SMILES string of the molecule is O=C[C@H](O)[C@@H](O)[C@H](O)[C@@H](COCc1ccccc1)OCc1ccccc1. The van der Waals surface area contributed by atoms with E-state index in [1.54, 1.807) is 0 Å². The molecule has 0 saturated heterocycles. The summed E-state index contributed by atoms with van der Waals surface area (Å²) in [6.45, 7) is 0.498. The molecule has 0 bridgehead atoms. The number of hydrogen-bond acceptors (Lipinski definition) is 6. The highest BCUT2D eigenvalue weighted by Crippen LogP contribution is 2.13. The second-order valence-corrected chi connectivity index (χ2v) is 5.94. The van der Waals surface area contributed by atoms with Crippen molar-refractivity contribution >= 4 is 6.29 Å². The van der Waals surface area contributed by atoms with Gasteiger partial charge in [0, 0.05) is 0 Å². The lowest BCUT2D eigenvalue weighted by molar-refractivity contribution is -0.152. The molecule has 0 aromatic heterocycles. The number of ether oxygens (including phenoxy) is 2. The first-order valence-corrected chi connectivity index (χ1v) is 8.38. The van der Waals surface area contributed by atoms with E-state index in [1.165, 1.54) is 0 Å². The fourth-order valence-corrected chi connectivity index (χ4v) is 2.39. The number of carbonyl (C=O) groups excluding carboxylic acids is 1. The molecule has 6 nitrogen and oxygen atoms in total. The lowest BCUT2D eigenvalue weighted by atomic mass is 10.0. The number of aldehydes is 1. The molecule has 0 fully saturated rings. The third-order valence-corrected chi connectivity index (χ3v) is 3.92. The van der Waals surface area contributed by atoms with Crippen molar-refractivity contribution in [2.45, 2.75) is 37.6 Å². The Bertz CT molecular complexity index is 633. The maximum atomic E-state index is 10.7. The third-order valence-electron chi connectivity index (χ3n) is 3.92. The maximum absolute atomic E-state index is 10.7. The van der Waals surface area contributed by atoms with Crippen LogP contribution < -0.4 is 0 Å². The van der Waals surface area contributed by atoms with E-state index < -0.39 is 24.4 Å². The number of benzene rings is 2. The molecule has 0 unspecified atom stereocenters. The molecular formula is C20H24O6. The first-order chi connectivity index (χ1) is 12.6. The predicted octanol–water partition coefficient (Wildman–Crippen LogP) is 1.07. The summed E-state index contributed by atoms with van der Waals surface area (Å²) >= 11 is 0. The number of aliphatic hydroxyl groups excluding tert-OH is 3. The van der Waals surface area contributed by atoms with Crippen LogP contribution in [0.15, 0.2) is 60.7 Å². The Morgan fingerprint density at radius 2 is 1.35 bits per heavy atom. The summed E-state index contributed by atoms with van der Waals surface area (Å²) in [5.41, 5.74) is 1.84. The lowest BCUT2D eigenvalue weighted by Crippen LogP contribution is -2.47. The van der Waals surface area contributed by atoms with E-state index in [0.717, 1.165) is 11.1 Å². The Morgan fingerprint density at radius 1 is 0.808 bits per heavy atom. The largest absolute Gasteiger partial charge is 0.387 e. The van der Waals surface area contributed by atoms with Crippen molar-refractivity contribution in [1.82, 2.24) is 0 Å². The van der Waals surface area contributed by atoms with Crippen LogP contribution in [-0.4, -0.2) is 52.6 Å². The van der Waals surface area contributed by atoms with E-state index in [1.807, 2.05) is 60.7 Å².